The van der Waals surface area contributed by atoms with Crippen LogP contribution >= 0.6 is 0 Å². The van der Waals surface area contributed by atoms with Crippen LogP contribution in [0.5, 0.6) is 0 Å². The summed E-state index contributed by atoms with van der Waals surface area (Å²) in [5.74, 6) is -1.45. The predicted octanol–water partition coefficient (Wildman–Crippen LogP) is 0.618. The van der Waals surface area contributed by atoms with Gasteiger partial charge in [0.05, 0.1) is 6.61 Å². The minimum absolute atomic E-state index is 0.146. The fourth-order valence-corrected chi connectivity index (χ4v) is 3.47. The number of hydrogen-bond donors (Lipinski definition) is 2. The molecule has 0 saturated carbocycles. The fourth-order valence-electron chi connectivity index (χ4n) is 3.47. The van der Waals surface area contributed by atoms with Gasteiger partial charge in [-0.15, -0.1) is 0 Å². The summed E-state index contributed by atoms with van der Waals surface area (Å²) in [6, 6.07) is 9.32. The molecule has 9 nitrogen and oxygen atoms in total. The number of hydrogen-bond acceptors (Lipinski definition) is 8. The molecule has 2 aliphatic heterocycles. The Hall–Kier alpha value is -2.04. The lowest BCUT2D eigenvalue weighted by atomic mass is 9.97. The standard InChI is InChI=1S/C20H27NO8/c1-12(22)27-18-15(26-11-13-7-3-2-4-8-13)16(17(19(21)23)29-20(18)24)28-14-9-5-6-10-25-14/h2-4,7-8,14-18,20,24H,5-6,9-11H2,1H3,(H2,21,23)/t14?,15-,16-,17+,18+,20-/m0/s1. The summed E-state index contributed by atoms with van der Waals surface area (Å²) in [6.07, 6.45) is -4.21. The van der Waals surface area contributed by atoms with E-state index in [2.05, 4.69) is 0 Å². The average Bonchev–Trinajstić information content (AvgIpc) is 2.70. The molecule has 2 saturated heterocycles. The van der Waals surface area contributed by atoms with E-state index in [0.29, 0.717) is 13.0 Å². The minimum Gasteiger partial charge on any atom is -0.454 e. The summed E-state index contributed by atoms with van der Waals surface area (Å²) in [6.45, 7) is 1.89. The molecule has 2 aliphatic rings. The van der Waals surface area contributed by atoms with Crippen LogP contribution in [0.3, 0.4) is 0 Å². The number of nitrogens with two attached hydrogens (primary N) is 1. The lowest BCUT2D eigenvalue weighted by Gasteiger charge is -2.44. The van der Waals surface area contributed by atoms with E-state index < -0.39 is 48.9 Å². The van der Waals surface area contributed by atoms with Crippen LogP contribution in [-0.2, 0) is 39.9 Å². The van der Waals surface area contributed by atoms with Crippen molar-refractivity contribution in [1.82, 2.24) is 0 Å². The molecule has 160 valence electrons. The summed E-state index contributed by atoms with van der Waals surface area (Å²) in [7, 11) is 0. The number of primary amides is 1. The second kappa shape index (κ2) is 10.1. The highest BCUT2D eigenvalue weighted by Crippen LogP contribution is 2.30. The Morgan fingerprint density at radius 1 is 1.17 bits per heavy atom. The molecule has 3 rings (SSSR count). The van der Waals surface area contributed by atoms with E-state index in [1.165, 1.54) is 6.92 Å². The molecule has 6 atom stereocenters. The number of benzene rings is 1. The zero-order valence-electron chi connectivity index (χ0n) is 16.3. The van der Waals surface area contributed by atoms with Crippen LogP contribution in [0.4, 0.5) is 0 Å². The van der Waals surface area contributed by atoms with E-state index in [4.69, 9.17) is 29.4 Å². The number of carbonyl (C=O) groups is 2. The Morgan fingerprint density at radius 3 is 2.55 bits per heavy atom. The van der Waals surface area contributed by atoms with Crippen molar-refractivity contribution in [1.29, 1.82) is 0 Å². The van der Waals surface area contributed by atoms with Crippen LogP contribution < -0.4 is 5.73 Å². The van der Waals surface area contributed by atoms with Crippen molar-refractivity contribution >= 4 is 11.9 Å². The minimum atomic E-state index is -1.59. The van der Waals surface area contributed by atoms with E-state index in [1.54, 1.807) is 0 Å². The van der Waals surface area contributed by atoms with E-state index in [-0.39, 0.29) is 6.61 Å². The van der Waals surface area contributed by atoms with Crippen LogP contribution in [0, 0.1) is 0 Å². The van der Waals surface area contributed by atoms with Gasteiger partial charge in [-0.2, -0.15) is 0 Å². The second-order valence-electron chi connectivity index (χ2n) is 7.08. The van der Waals surface area contributed by atoms with Gasteiger partial charge in [-0.1, -0.05) is 30.3 Å². The number of rotatable bonds is 7. The van der Waals surface area contributed by atoms with Crippen molar-refractivity contribution in [2.24, 2.45) is 5.73 Å². The fraction of sp³-hybridized carbons (Fsp3) is 0.600. The number of amides is 1. The van der Waals surface area contributed by atoms with Gasteiger partial charge in [0, 0.05) is 13.5 Å². The number of aliphatic hydroxyl groups is 1. The number of ether oxygens (including phenoxy) is 5. The maximum Gasteiger partial charge on any atom is 0.303 e. The van der Waals surface area contributed by atoms with E-state index in [9.17, 15) is 14.7 Å². The predicted molar refractivity (Wildman–Crippen MR) is 99.1 cm³/mol. The maximum absolute atomic E-state index is 12.0. The highest BCUT2D eigenvalue weighted by atomic mass is 16.7. The van der Waals surface area contributed by atoms with Crippen LogP contribution in [0.1, 0.15) is 31.7 Å². The quantitative estimate of drug-likeness (QED) is 0.628. The van der Waals surface area contributed by atoms with Gasteiger partial charge in [0.25, 0.3) is 0 Å². The van der Waals surface area contributed by atoms with Gasteiger partial charge in [0.15, 0.2) is 24.8 Å². The molecule has 0 bridgehead atoms. The Balaban J connectivity index is 1.84. The van der Waals surface area contributed by atoms with E-state index >= 15 is 0 Å². The maximum atomic E-state index is 12.0. The highest BCUT2D eigenvalue weighted by molar-refractivity contribution is 5.80. The first kappa shape index (κ1) is 21.7. The smallest absolute Gasteiger partial charge is 0.303 e. The van der Waals surface area contributed by atoms with Crippen LogP contribution in [-0.4, -0.2) is 60.6 Å². The number of aliphatic hydroxyl groups excluding tert-OH is 1. The molecule has 2 fully saturated rings. The highest BCUT2D eigenvalue weighted by Gasteiger charge is 2.51. The number of carbonyl (C=O) groups excluding carboxylic acids is 2. The summed E-state index contributed by atoms with van der Waals surface area (Å²) in [5.41, 5.74) is 6.34. The Bertz CT molecular complexity index is 678. The largest absolute Gasteiger partial charge is 0.454 e. The third-order valence-corrected chi connectivity index (χ3v) is 4.83. The van der Waals surface area contributed by atoms with Gasteiger partial charge in [-0.05, 0) is 24.8 Å². The molecule has 0 aliphatic carbocycles. The normalized spacial score (nSPS) is 32.5. The zero-order chi connectivity index (χ0) is 20.8. The monoisotopic (exact) mass is 409 g/mol. The van der Waals surface area contributed by atoms with Crippen LogP contribution in [0.15, 0.2) is 30.3 Å². The van der Waals surface area contributed by atoms with Gasteiger partial charge in [0.2, 0.25) is 5.91 Å². The first-order valence-electron chi connectivity index (χ1n) is 9.68. The summed E-state index contributed by atoms with van der Waals surface area (Å²) < 4.78 is 28.2. The molecule has 9 heteroatoms. The van der Waals surface area contributed by atoms with Crippen molar-refractivity contribution < 1.29 is 38.4 Å². The van der Waals surface area contributed by atoms with E-state index in [1.807, 2.05) is 30.3 Å². The molecular weight excluding hydrogens is 382 g/mol. The molecule has 29 heavy (non-hydrogen) atoms. The molecule has 1 aromatic rings. The average molecular weight is 409 g/mol. The lowest BCUT2D eigenvalue weighted by molar-refractivity contribution is -0.319. The molecule has 0 spiro atoms. The van der Waals surface area contributed by atoms with Gasteiger partial charge in [-0.3, -0.25) is 9.59 Å². The van der Waals surface area contributed by atoms with Gasteiger partial charge >= 0.3 is 5.97 Å². The molecule has 1 unspecified atom stereocenters. The topological polar surface area (TPSA) is 127 Å². The summed E-state index contributed by atoms with van der Waals surface area (Å²) >= 11 is 0. The lowest BCUT2D eigenvalue weighted by Crippen LogP contribution is -2.64. The van der Waals surface area contributed by atoms with Crippen molar-refractivity contribution in [3.05, 3.63) is 35.9 Å². The second-order valence-corrected chi connectivity index (χ2v) is 7.08. The Morgan fingerprint density at radius 2 is 1.93 bits per heavy atom. The zero-order valence-corrected chi connectivity index (χ0v) is 16.3. The number of esters is 1. The Kier molecular flexibility index (Phi) is 7.57. The molecule has 0 radical (unpaired) electrons. The first-order valence-corrected chi connectivity index (χ1v) is 9.68. The van der Waals surface area contributed by atoms with Gasteiger partial charge < -0.3 is 34.5 Å². The van der Waals surface area contributed by atoms with Crippen molar-refractivity contribution in [2.75, 3.05) is 6.61 Å². The first-order chi connectivity index (χ1) is 14.0. The summed E-state index contributed by atoms with van der Waals surface area (Å²) in [5, 5.41) is 10.4. The van der Waals surface area contributed by atoms with Gasteiger partial charge in [0.1, 0.15) is 12.2 Å². The molecule has 1 aromatic carbocycles. The van der Waals surface area contributed by atoms with E-state index in [0.717, 1.165) is 18.4 Å². The summed E-state index contributed by atoms with van der Waals surface area (Å²) in [4.78, 5) is 23.6. The Labute approximate surface area is 169 Å². The van der Waals surface area contributed by atoms with Crippen molar-refractivity contribution in [2.45, 2.75) is 69.8 Å². The SMILES string of the molecule is CC(=O)O[C@@H]1[C@@H](OCc2ccccc2)[C@H](OC2CCCCO2)[C@H](C(N)=O)O[C@@H]1O. The van der Waals surface area contributed by atoms with Crippen molar-refractivity contribution in [3.8, 4) is 0 Å². The van der Waals surface area contributed by atoms with Crippen molar-refractivity contribution in [3.63, 3.8) is 0 Å². The molecule has 0 aromatic heterocycles. The molecule has 1 amide bonds. The third-order valence-electron chi connectivity index (χ3n) is 4.83. The third kappa shape index (κ3) is 5.74. The van der Waals surface area contributed by atoms with Crippen LogP contribution in [0.25, 0.3) is 0 Å². The molecular formula is C20H27NO8. The van der Waals surface area contributed by atoms with Gasteiger partial charge in [-0.25, -0.2) is 0 Å². The molecule has 3 N–H and O–H groups in total. The van der Waals surface area contributed by atoms with Crippen LogP contribution in [0.2, 0.25) is 0 Å². The molecule has 2 heterocycles.